The maximum Gasteiger partial charge on any atom is 0.164 e. The Labute approximate surface area is 309 Å². The molecule has 0 bridgehead atoms. The Kier molecular flexibility index (Phi) is 6.75. The first kappa shape index (κ1) is 30.2. The van der Waals surface area contributed by atoms with Gasteiger partial charge < -0.3 is 8.98 Å². The molecule has 11 rings (SSSR count). The second-order valence-electron chi connectivity index (χ2n) is 13.6. The summed E-state index contributed by atoms with van der Waals surface area (Å²) in [5.41, 5.74) is 9.85. The van der Waals surface area contributed by atoms with Gasteiger partial charge in [0.05, 0.1) is 11.0 Å². The minimum absolute atomic E-state index is 0.571. The number of nitrogens with zero attached hydrogens (tertiary/aromatic N) is 5. The summed E-state index contributed by atoms with van der Waals surface area (Å²) in [5.74, 6) is 1.76. The molecule has 6 nitrogen and oxygen atoms in total. The van der Waals surface area contributed by atoms with E-state index in [2.05, 4.69) is 125 Å². The predicted octanol–water partition coefficient (Wildman–Crippen LogP) is 12.1. The minimum Gasteiger partial charge on any atom is -0.456 e. The third-order valence-corrected chi connectivity index (χ3v) is 10.3. The van der Waals surface area contributed by atoms with Crippen LogP contribution in [0.1, 0.15) is 0 Å². The van der Waals surface area contributed by atoms with E-state index < -0.39 is 0 Å². The van der Waals surface area contributed by atoms with E-state index in [0.717, 1.165) is 55.3 Å². The van der Waals surface area contributed by atoms with Gasteiger partial charge in [0.25, 0.3) is 0 Å². The van der Waals surface area contributed by atoms with E-state index >= 15 is 0 Å². The number of rotatable bonds is 5. The van der Waals surface area contributed by atoms with Crippen molar-refractivity contribution >= 4 is 54.5 Å². The number of para-hydroxylation sites is 1. The number of hydrogen-bond acceptors (Lipinski definition) is 5. The zero-order valence-electron chi connectivity index (χ0n) is 28.9. The Morgan fingerprint density at radius 1 is 0.389 bits per heavy atom. The molecule has 0 atom stereocenters. The number of benzene rings is 7. The maximum absolute atomic E-state index is 6.21. The van der Waals surface area contributed by atoms with Crippen molar-refractivity contribution in [3.8, 4) is 51.0 Å². The zero-order valence-corrected chi connectivity index (χ0v) is 28.9. The molecule has 0 fully saturated rings. The van der Waals surface area contributed by atoms with Crippen LogP contribution in [0.25, 0.3) is 105 Å². The second-order valence-corrected chi connectivity index (χ2v) is 13.6. The lowest BCUT2D eigenvalue weighted by Gasteiger charge is -2.12. The lowest BCUT2D eigenvalue weighted by molar-refractivity contribution is 0.668. The molecule has 0 amide bonds. The van der Waals surface area contributed by atoms with E-state index in [9.17, 15) is 0 Å². The predicted molar refractivity (Wildman–Crippen MR) is 218 cm³/mol. The van der Waals surface area contributed by atoms with Crippen LogP contribution in [0.5, 0.6) is 0 Å². The van der Waals surface area contributed by atoms with Crippen LogP contribution in [0.4, 0.5) is 0 Å². The number of hydrogen-bond donors (Lipinski definition) is 0. The average Bonchev–Trinajstić information content (AvgIpc) is 3.79. The van der Waals surface area contributed by atoms with E-state index in [1.807, 2.05) is 54.7 Å². The monoisotopic (exact) mass is 691 g/mol. The molecular formula is C48H29N5O. The van der Waals surface area contributed by atoms with Crippen molar-refractivity contribution in [2.45, 2.75) is 0 Å². The Hall–Kier alpha value is -7.44. The molecule has 4 heterocycles. The Morgan fingerprint density at radius 3 is 1.94 bits per heavy atom. The van der Waals surface area contributed by atoms with Crippen LogP contribution in [0.15, 0.2) is 181 Å². The van der Waals surface area contributed by atoms with Crippen molar-refractivity contribution in [3.05, 3.63) is 176 Å². The van der Waals surface area contributed by atoms with Gasteiger partial charge in [-0.3, -0.25) is 4.98 Å². The van der Waals surface area contributed by atoms with E-state index in [1.165, 1.54) is 32.7 Å². The molecule has 0 radical (unpaired) electrons. The Balaban J connectivity index is 1.08. The molecule has 0 aliphatic carbocycles. The minimum atomic E-state index is 0.571. The molecule has 252 valence electrons. The molecule has 7 aromatic carbocycles. The topological polar surface area (TPSA) is 69.6 Å². The molecule has 0 unspecified atom stereocenters. The molecule has 0 aliphatic heterocycles. The molecule has 0 aliphatic rings. The lowest BCUT2D eigenvalue weighted by atomic mass is 10.00. The van der Waals surface area contributed by atoms with Gasteiger partial charge in [0, 0.05) is 56.3 Å². The van der Waals surface area contributed by atoms with Crippen LogP contribution >= 0.6 is 0 Å². The van der Waals surface area contributed by atoms with Crippen molar-refractivity contribution in [1.82, 2.24) is 24.5 Å². The van der Waals surface area contributed by atoms with Crippen LogP contribution in [0.3, 0.4) is 0 Å². The largest absolute Gasteiger partial charge is 0.456 e. The molecule has 0 saturated heterocycles. The number of furan rings is 1. The molecular weight excluding hydrogens is 663 g/mol. The van der Waals surface area contributed by atoms with Crippen LogP contribution in [-0.2, 0) is 0 Å². The van der Waals surface area contributed by atoms with Crippen molar-refractivity contribution in [1.29, 1.82) is 0 Å². The van der Waals surface area contributed by atoms with Gasteiger partial charge in [-0.15, -0.1) is 0 Å². The summed E-state index contributed by atoms with van der Waals surface area (Å²) in [6, 6.07) is 57.1. The summed E-state index contributed by atoms with van der Waals surface area (Å²) < 4.78 is 8.56. The van der Waals surface area contributed by atoms with Crippen LogP contribution in [0, 0.1) is 0 Å². The molecule has 0 N–H and O–H groups in total. The molecule has 54 heavy (non-hydrogen) atoms. The summed E-state index contributed by atoms with van der Waals surface area (Å²) in [5, 5.41) is 6.84. The van der Waals surface area contributed by atoms with Crippen LogP contribution < -0.4 is 0 Å². The van der Waals surface area contributed by atoms with Crippen molar-refractivity contribution < 1.29 is 4.42 Å². The van der Waals surface area contributed by atoms with Gasteiger partial charge in [0.15, 0.2) is 17.5 Å². The van der Waals surface area contributed by atoms with Gasteiger partial charge in [-0.25, -0.2) is 15.0 Å². The molecule has 6 heteroatoms. The summed E-state index contributed by atoms with van der Waals surface area (Å²) >= 11 is 0. The summed E-state index contributed by atoms with van der Waals surface area (Å²) in [7, 11) is 0. The van der Waals surface area contributed by atoms with E-state index in [-0.39, 0.29) is 0 Å². The van der Waals surface area contributed by atoms with Gasteiger partial charge in [0.2, 0.25) is 0 Å². The van der Waals surface area contributed by atoms with Gasteiger partial charge in [0.1, 0.15) is 11.2 Å². The van der Waals surface area contributed by atoms with Gasteiger partial charge in [-0.05, 0) is 70.4 Å². The van der Waals surface area contributed by atoms with E-state index in [0.29, 0.717) is 17.5 Å². The van der Waals surface area contributed by atoms with Crippen LogP contribution in [0.2, 0.25) is 0 Å². The van der Waals surface area contributed by atoms with E-state index in [4.69, 9.17) is 19.4 Å². The fraction of sp³-hybridized carbons (Fsp3) is 0. The first-order valence-electron chi connectivity index (χ1n) is 17.9. The van der Waals surface area contributed by atoms with Crippen molar-refractivity contribution in [2.24, 2.45) is 0 Å². The summed E-state index contributed by atoms with van der Waals surface area (Å²) in [6.45, 7) is 0. The normalized spacial score (nSPS) is 11.7. The lowest BCUT2D eigenvalue weighted by Crippen LogP contribution is -2.01. The molecule has 0 saturated carbocycles. The number of aromatic nitrogens is 5. The highest BCUT2D eigenvalue weighted by Crippen LogP contribution is 2.37. The first-order chi connectivity index (χ1) is 26.7. The van der Waals surface area contributed by atoms with Crippen LogP contribution in [-0.4, -0.2) is 24.5 Å². The summed E-state index contributed by atoms with van der Waals surface area (Å²) in [4.78, 5) is 19.4. The average molecular weight is 692 g/mol. The summed E-state index contributed by atoms with van der Waals surface area (Å²) in [6.07, 6.45) is 3.58. The van der Waals surface area contributed by atoms with Gasteiger partial charge in [-0.2, -0.15) is 0 Å². The highest BCUT2D eigenvalue weighted by molar-refractivity contribution is 6.10. The van der Waals surface area contributed by atoms with Gasteiger partial charge >= 0.3 is 0 Å². The zero-order chi connectivity index (χ0) is 35.6. The SMILES string of the molecule is c1ccc(-c2nc(-c3cccc(-n4c5ccccc5c5ccc(-c6ccc7ccccc7c6)cc54)c3)nc(-c3ccc4c(c3)oc3ccncc34)n2)cc1. The fourth-order valence-electron chi connectivity index (χ4n) is 7.69. The molecule has 4 aromatic heterocycles. The third-order valence-electron chi connectivity index (χ3n) is 10.3. The highest BCUT2D eigenvalue weighted by Gasteiger charge is 2.17. The van der Waals surface area contributed by atoms with Gasteiger partial charge in [-0.1, -0.05) is 115 Å². The first-order valence-corrected chi connectivity index (χ1v) is 17.9. The molecule has 0 spiro atoms. The quantitative estimate of drug-likeness (QED) is 0.180. The van der Waals surface area contributed by atoms with Crippen molar-refractivity contribution in [2.75, 3.05) is 0 Å². The standard InChI is InChI=1S/C48H29N5O/c1-2-10-31(11-3-1)46-50-47(52-48(51-46)36-20-22-40-41-29-49-24-23-44(41)54-45(40)28-36)35-13-8-14-37(26-35)53-42-16-7-6-15-38(42)39-21-19-34(27-43(39)53)33-18-17-30-9-4-5-12-32(30)25-33/h1-29H. The molecule has 11 aromatic rings. The second kappa shape index (κ2) is 12.1. The third kappa shape index (κ3) is 4.96. The Bertz CT molecular complexity index is 3230. The fourth-order valence-corrected chi connectivity index (χ4v) is 7.69. The number of pyridine rings is 1. The van der Waals surface area contributed by atoms with Crippen molar-refractivity contribution in [3.63, 3.8) is 0 Å². The smallest absolute Gasteiger partial charge is 0.164 e. The number of fused-ring (bicyclic) bond motifs is 7. The highest BCUT2D eigenvalue weighted by atomic mass is 16.3. The van der Waals surface area contributed by atoms with E-state index in [1.54, 1.807) is 6.20 Å². The maximum atomic E-state index is 6.21. The Morgan fingerprint density at radius 2 is 1.06 bits per heavy atom.